The monoisotopic (exact) mass is 334 g/mol. The van der Waals surface area contributed by atoms with Crippen molar-refractivity contribution in [3.8, 4) is 11.5 Å². The van der Waals surface area contributed by atoms with E-state index in [1.54, 1.807) is 19.1 Å². The van der Waals surface area contributed by atoms with E-state index >= 15 is 0 Å². The number of hydrogen-bond donors (Lipinski definition) is 0. The topological polar surface area (TPSA) is 9.23 Å². The van der Waals surface area contributed by atoms with Crippen molar-refractivity contribution in [2.24, 2.45) is 0 Å². The van der Waals surface area contributed by atoms with Crippen molar-refractivity contribution in [2.75, 3.05) is 0 Å². The Bertz CT molecular complexity index is 654. The summed E-state index contributed by atoms with van der Waals surface area (Å²) in [5, 5.41) is 0.390. The van der Waals surface area contributed by atoms with Crippen LogP contribution in [0.1, 0.15) is 16.7 Å². The zero-order chi connectivity index (χ0) is 15.6. The lowest BCUT2D eigenvalue weighted by molar-refractivity contribution is -0.138. The van der Waals surface area contributed by atoms with Crippen LogP contribution >= 0.6 is 23.2 Å². The van der Waals surface area contributed by atoms with E-state index in [9.17, 15) is 13.2 Å². The number of benzene rings is 2. The molecule has 0 amide bonds. The van der Waals surface area contributed by atoms with E-state index in [2.05, 4.69) is 0 Å². The Kier molecular flexibility index (Phi) is 4.69. The lowest BCUT2D eigenvalue weighted by Gasteiger charge is -2.16. The molecule has 2 aromatic rings. The largest absolute Gasteiger partial charge is 0.456 e. The second-order valence-corrected chi connectivity index (χ2v) is 5.18. The van der Waals surface area contributed by atoms with Crippen molar-refractivity contribution in [3.05, 3.63) is 58.1 Å². The Labute approximate surface area is 130 Å². The quantitative estimate of drug-likeness (QED) is 0.607. The van der Waals surface area contributed by atoms with Gasteiger partial charge in [-0.15, -0.1) is 11.6 Å². The van der Waals surface area contributed by atoms with Gasteiger partial charge in [-0.3, -0.25) is 0 Å². The minimum Gasteiger partial charge on any atom is -0.456 e. The van der Waals surface area contributed by atoms with Crippen LogP contribution in [0.5, 0.6) is 11.5 Å². The molecule has 112 valence electrons. The van der Waals surface area contributed by atoms with Gasteiger partial charge in [0.1, 0.15) is 11.5 Å². The van der Waals surface area contributed by atoms with Crippen molar-refractivity contribution < 1.29 is 17.9 Å². The van der Waals surface area contributed by atoms with E-state index in [0.29, 0.717) is 16.1 Å². The average Bonchev–Trinajstić information content (AvgIpc) is 2.42. The molecule has 6 heteroatoms. The zero-order valence-electron chi connectivity index (χ0n) is 11.0. The van der Waals surface area contributed by atoms with Gasteiger partial charge in [-0.25, -0.2) is 0 Å². The third-order valence-corrected chi connectivity index (χ3v) is 3.42. The van der Waals surface area contributed by atoms with Crippen molar-refractivity contribution >= 4 is 23.2 Å². The third-order valence-electron chi connectivity index (χ3n) is 2.87. The van der Waals surface area contributed by atoms with Crippen molar-refractivity contribution in [2.45, 2.75) is 19.0 Å². The minimum absolute atomic E-state index is 0.000444. The van der Waals surface area contributed by atoms with Gasteiger partial charge < -0.3 is 4.74 Å². The van der Waals surface area contributed by atoms with Crippen LogP contribution < -0.4 is 4.74 Å². The molecule has 0 heterocycles. The fourth-order valence-electron chi connectivity index (χ4n) is 1.77. The third kappa shape index (κ3) is 3.83. The lowest BCUT2D eigenvalue weighted by Crippen LogP contribution is -2.08. The molecule has 0 saturated heterocycles. The summed E-state index contributed by atoms with van der Waals surface area (Å²) >= 11 is 11.4. The van der Waals surface area contributed by atoms with E-state index in [4.69, 9.17) is 27.9 Å². The second kappa shape index (κ2) is 6.16. The van der Waals surface area contributed by atoms with Crippen LogP contribution in [0.3, 0.4) is 0 Å². The molecule has 0 aromatic heterocycles. The summed E-state index contributed by atoms with van der Waals surface area (Å²) in [5.41, 5.74) is 0.202. The van der Waals surface area contributed by atoms with Crippen LogP contribution in [0.25, 0.3) is 0 Å². The SMILES string of the molecule is Cc1ccc(Cl)cc1Oc1ccc(CCl)cc1C(F)(F)F. The fourth-order valence-corrected chi connectivity index (χ4v) is 2.10. The Balaban J connectivity index is 2.46. The molecule has 0 aliphatic heterocycles. The van der Waals surface area contributed by atoms with Gasteiger partial charge in [-0.2, -0.15) is 13.2 Å². The maximum Gasteiger partial charge on any atom is 0.419 e. The Morgan fingerprint density at radius 3 is 2.38 bits per heavy atom. The van der Waals surface area contributed by atoms with E-state index in [1.807, 2.05) is 0 Å². The van der Waals surface area contributed by atoms with Gasteiger partial charge >= 0.3 is 6.18 Å². The molecule has 0 bridgehead atoms. The van der Waals surface area contributed by atoms with Gasteiger partial charge in [0.05, 0.1) is 5.56 Å². The predicted molar refractivity (Wildman–Crippen MR) is 77.3 cm³/mol. The summed E-state index contributed by atoms with van der Waals surface area (Å²) in [6, 6.07) is 8.55. The molecular formula is C15H11Cl2F3O. The fraction of sp³-hybridized carbons (Fsp3) is 0.200. The van der Waals surface area contributed by atoms with Gasteiger partial charge in [0.2, 0.25) is 0 Å². The first-order chi connectivity index (χ1) is 9.81. The van der Waals surface area contributed by atoms with Gasteiger partial charge in [0.25, 0.3) is 0 Å². The molecule has 1 nitrogen and oxygen atoms in total. The maximum absolute atomic E-state index is 13.1. The highest BCUT2D eigenvalue weighted by Gasteiger charge is 2.35. The first-order valence-electron chi connectivity index (χ1n) is 6.01. The van der Waals surface area contributed by atoms with Crippen molar-refractivity contribution in [1.82, 2.24) is 0 Å². The van der Waals surface area contributed by atoms with Crippen LogP contribution in [0, 0.1) is 6.92 Å². The van der Waals surface area contributed by atoms with Gasteiger partial charge in [-0.05, 0) is 42.3 Å². The Morgan fingerprint density at radius 2 is 1.76 bits per heavy atom. The highest BCUT2D eigenvalue weighted by atomic mass is 35.5. The summed E-state index contributed by atoms with van der Waals surface area (Å²) < 4.78 is 44.7. The molecule has 0 spiro atoms. The smallest absolute Gasteiger partial charge is 0.419 e. The summed E-state index contributed by atoms with van der Waals surface area (Å²) in [6.07, 6.45) is -4.52. The Hall–Kier alpha value is -1.39. The molecule has 2 rings (SSSR count). The summed E-state index contributed by atoms with van der Waals surface area (Å²) in [6.45, 7) is 1.73. The lowest BCUT2D eigenvalue weighted by atomic mass is 10.1. The normalized spacial score (nSPS) is 11.5. The highest BCUT2D eigenvalue weighted by molar-refractivity contribution is 6.30. The molecular weight excluding hydrogens is 324 g/mol. The average molecular weight is 335 g/mol. The van der Waals surface area contributed by atoms with Crippen LogP contribution in [0.15, 0.2) is 36.4 Å². The Morgan fingerprint density at radius 1 is 1.05 bits per heavy atom. The number of alkyl halides is 4. The molecule has 0 fully saturated rings. The molecule has 0 radical (unpaired) electrons. The van der Waals surface area contributed by atoms with Crippen molar-refractivity contribution in [3.63, 3.8) is 0 Å². The summed E-state index contributed by atoms with van der Waals surface area (Å²) in [4.78, 5) is 0. The van der Waals surface area contributed by atoms with Gasteiger partial charge in [0, 0.05) is 10.9 Å². The van der Waals surface area contributed by atoms with E-state index in [-0.39, 0.29) is 17.4 Å². The molecule has 0 N–H and O–H groups in total. The van der Waals surface area contributed by atoms with E-state index in [0.717, 1.165) is 6.07 Å². The molecule has 0 atom stereocenters. The summed E-state index contributed by atoms with van der Waals surface area (Å²) in [5.74, 6) is 0.00729. The number of halogens is 5. The minimum atomic E-state index is -4.52. The van der Waals surface area contributed by atoms with Crippen LogP contribution in [0.4, 0.5) is 13.2 Å². The van der Waals surface area contributed by atoms with Crippen LogP contribution in [-0.2, 0) is 12.1 Å². The standard InChI is InChI=1S/C15H11Cl2F3O/c1-9-2-4-11(17)7-14(9)21-13-5-3-10(8-16)6-12(13)15(18,19)20/h2-7H,8H2,1H3. The van der Waals surface area contributed by atoms with Crippen LogP contribution in [-0.4, -0.2) is 0 Å². The van der Waals surface area contributed by atoms with Crippen LogP contribution in [0.2, 0.25) is 5.02 Å². The van der Waals surface area contributed by atoms with Gasteiger partial charge in [-0.1, -0.05) is 23.7 Å². The molecule has 0 aliphatic rings. The van der Waals surface area contributed by atoms with E-state index < -0.39 is 11.7 Å². The molecule has 0 saturated carbocycles. The second-order valence-electron chi connectivity index (χ2n) is 4.47. The number of ether oxygens (including phenoxy) is 1. The molecule has 0 unspecified atom stereocenters. The van der Waals surface area contributed by atoms with E-state index in [1.165, 1.54) is 18.2 Å². The first-order valence-corrected chi connectivity index (χ1v) is 6.92. The molecule has 21 heavy (non-hydrogen) atoms. The number of hydrogen-bond acceptors (Lipinski definition) is 1. The number of rotatable bonds is 3. The highest BCUT2D eigenvalue weighted by Crippen LogP contribution is 2.39. The molecule has 0 aliphatic carbocycles. The first kappa shape index (κ1) is 16.0. The summed E-state index contributed by atoms with van der Waals surface area (Å²) in [7, 11) is 0. The van der Waals surface area contributed by atoms with Gasteiger partial charge in [0.15, 0.2) is 0 Å². The molecule has 2 aromatic carbocycles. The predicted octanol–water partition coefficient (Wildman–Crippen LogP) is 6.20. The number of aryl methyl sites for hydroxylation is 1. The van der Waals surface area contributed by atoms with Crippen molar-refractivity contribution in [1.29, 1.82) is 0 Å². The maximum atomic E-state index is 13.1. The zero-order valence-corrected chi connectivity index (χ0v) is 12.5.